The molecule has 0 radical (unpaired) electrons. The molecule has 0 aromatic heterocycles. The molecule has 1 aliphatic heterocycles. The molecule has 0 aliphatic carbocycles. The summed E-state index contributed by atoms with van der Waals surface area (Å²) in [4.78, 5) is 14.6. The molecule has 0 bridgehead atoms. The van der Waals surface area contributed by atoms with Crippen LogP contribution >= 0.6 is 23.2 Å². The van der Waals surface area contributed by atoms with E-state index in [1.54, 1.807) is 6.07 Å². The number of amides is 1. The molecule has 1 saturated heterocycles. The van der Waals surface area contributed by atoms with Crippen LogP contribution in [-0.4, -0.2) is 37.1 Å². The van der Waals surface area contributed by atoms with Gasteiger partial charge in [-0.3, -0.25) is 9.69 Å². The zero-order valence-corrected chi connectivity index (χ0v) is 16.7. The van der Waals surface area contributed by atoms with Crippen molar-refractivity contribution in [3.63, 3.8) is 0 Å². The van der Waals surface area contributed by atoms with Crippen molar-refractivity contribution >= 4 is 29.1 Å². The fraction of sp³-hybridized carbons (Fsp3) is 0.381. The van der Waals surface area contributed by atoms with Crippen LogP contribution in [0, 0.1) is 0 Å². The number of aryl methyl sites for hydroxylation is 1. The number of hydrogen-bond acceptors (Lipinski definition) is 3. The standard InChI is InChI=1S/C21H24Cl2N2O2/c22-19-7-5-16(13-20(19)23)6-8-21(26)24-14-17-3-1-2-4-18(17)15-25-9-11-27-12-10-25/h1-5,7,13H,6,8-12,14-15H2,(H,24,26). The molecule has 0 spiro atoms. The Morgan fingerprint density at radius 3 is 2.52 bits per heavy atom. The lowest BCUT2D eigenvalue weighted by Gasteiger charge is -2.27. The van der Waals surface area contributed by atoms with Crippen LogP contribution in [0.25, 0.3) is 0 Å². The maximum absolute atomic E-state index is 12.2. The highest BCUT2D eigenvalue weighted by atomic mass is 35.5. The van der Waals surface area contributed by atoms with E-state index >= 15 is 0 Å². The first-order valence-corrected chi connectivity index (χ1v) is 9.95. The van der Waals surface area contributed by atoms with E-state index in [0.717, 1.165) is 44.0 Å². The van der Waals surface area contributed by atoms with Crippen molar-refractivity contribution < 1.29 is 9.53 Å². The van der Waals surface area contributed by atoms with Gasteiger partial charge in [-0.2, -0.15) is 0 Å². The molecule has 0 unspecified atom stereocenters. The third-order valence-corrected chi connectivity index (χ3v) is 5.46. The Bertz CT molecular complexity index is 777. The van der Waals surface area contributed by atoms with Crippen LogP contribution < -0.4 is 5.32 Å². The molecule has 3 rings (SSSR count). The molecular formula is C21H24Cl2N2O2. The fourth-order valence-corrected chi connectivity index (χ4v) is 3.44. The first kappa shape index (κ1) is 20.2. The lowest BCUT2D eigenvalue weighted by Crippen LogP contribution is -2.36. The largest absolute Gasteiger partial charge is 0.379 e. The molecule has 27 heavy (non-hydrogen) atoms. The van der Waals surface area contributed by atoms with Crippen molar-refractivity contribution in [3.8, 4) is 0 Å². The summed E-state index contributed by atoms with van der Waals surface area (Å²) in [5.74, 6) is 0.0299. The number of carbonyl (C=O) groups excluding carboxylic acids is 1. The van der Waals surface area contributed by atoms with Crippen molar-refractivity contribution in [2.45, 2.75) is 25.9 Å². The number of rotatable bonds is 7. The minimum absolute atomic E-state index is 0.0299. The van der Waals surface area contributed by atoms with Gasteiger partial charge in [0.1, 0.15) is 0 Å². The highest BCUT2D eigenvalue weighted by Gasteiger charge is 2.13. The summed E-state index contributed by atoms with van der Waals surface area (Å²) in [6, 6.07) is 13.8. The second-order valence-electron chi connectivity index (χ2n) is 6.68. The summed E-state index contributed by atoms with van der Waals surface area (Å²) in [7, 11) is 0. The van der Waals surface area contributed by atoms with Gasteiger partial charge in [0.15, 0.2) is 0 Å². The molecule has 144 valence electrons. The topological polar surface area (TPSA) is 41.6 Å². The van der Waals surface area contributed by atoms with Gasteiger partial charge in [0.2, 0.25) is 5.91 Å². The van der Waals surface area contributed by atoms with Crippen molar-refractivity contribution in [1.29, 1.82) is 0 Å². The van der Waals surface area contributed by atoms with Crippen molar-refractivity contribution in [3.05, 3.63) is 69.2 Å². The van der Waals surface area contributed by atoms with Gasteiger partial charge in [0, 0.05) is 32.6 Å². The second-order valence-corrected chi connectivity index (χ2v) is 7.50. The van der Waals surface area contributed by atoms with Crippen molar-refractivity contribution in [1.82, 2.24) is 10.2 Å². The SMILES string of the molecule is O=C(CCc1ccc(Cl)c(Cl)c1)NCc1ccccc1CN1CCOCC1. The van der Waals surface area contributed by atoms with Crippen LogP contribution in [0.4, 0.5) is 0 Å². The predicted octanol–water partition coefficient (Wildman–Crippen LogP) is 4.07. The Hall–Kier alpha value is -1.59. The summed E-state index contributed by atoms with van der Waals surface area (Å²) in [6.45, 7) is 4.90. The number of hydrogen-bond donors (Lipinski definition) is 1. The fourth-order valence-electron chi connectivity index (χ4n) is 3.12. The average molecular weight is 407 g/mol. The quantitative estimate of drug-likeness (QED) is 0.752. The van der Waals surface area contributed by atoms with Crippen LogP contribution in [0.1, 0.15) is 23.1 Å². The zero-order chi connectivity index (χ0) is 19.1. The molecular weight excluding hydrogens is 383 g/mol. The van der Waals surface area contributed by atoms with E-state index in [9.17, 15) is 4.79 Å². The number of morpholine rings is 1. The van der Waals surface area contributed by atoms with E-state index in [1.807, 2.05) is 24.3 Å². The smallest absolute Gasteiger partial charge is 0.220 e. The molecule has 1 N–H and O–H groups in total. The monoisotopic (exact) mass is 406 g/mol. The zero-order valence-electron chi connectivity index (χ0n) is 15.2. The minimum atomic E-state index is 0.0299. The molecule has 1 amide bonds. The maximum Gasteiger partial charge on any atom is 0.220 e. The van der Waals surface area contributed by atoms with E-state index in [2.05, 4.69) is 22.3 Å². The highest BCUT2D eigenvalue weighted by Crippen LogP contribution is 2.23. The molecule has 2 aromatic carbocycles. The molecule has 0 saturated carbocycles. The molecule has 1 fully saturated rings. The number of ether oxygens (including phenoxy) is 1. The van der Waals surface area contributed by atoms with Gasteiger partial charge in [0.05, 0.1) is 23.3 Å². The van der Waals surface area contributed by atoms with Crippen molar-refractivity contribution in [2.75, 3.05) is 26.3 Å². The van der Waals surface area contributed by atoms with Gasteiger partial charge in [0.25, 0.3) is 0 Å². The van der Waals surface area contributed by atoms with Crippen LogP contribution in [0.15, 0.2) is 42.5 Å². The van der Waals surface area contributed by atoms with Gasteiger partial charge in [-0.25, -0.2) is 0 Å². The number of nitrogens with one attached hydrogen (secondary N) is 1. The summed E-state index contributed by atoms with van der Waals surface area (Å²) < 4.78 is 5.41. The maximum atomic E-state index is 12.2. The lowest BCUT2D eigenvalue weighted by atomic mass is 10.1. The Morgan fingerprint density at radius 2 is 1.78 bits per heavy atom. The van der Waals surface area contributed by atoms with Crippen LogP contribution in [-0.2, 0) is 29.0 Å². The van der Waals surface area contributed by atoms with Gasteiger partial charge >= 0.3 is 0 Å². The van der Waals surface area contributed by atoms with Crippen molar-refractivity contribution in [2.24, 2.45) is 0 Å². The molecule has 1 heterocycles. The predicted molar refractivity (Wildman–Crippen MR) is 109 cm³/mol. The molecule has 2 aromatic rings. The Morgan fingerprint density at radius 1 is 1.04 bits per heavy atom. The summed E-state index contributed by atoms with van der Waals surface area (Å²) in [6.07, 6.45) is 1.06. The lowest BCUT2D eigenvalue weighted by molar-refractivity contribution is -0.121. The van der Waals surface area contributed by atoms with Gasteiger partial charge in [-0.15, -0.1) is 0 Å². The van der Waals surface area contributed by atoms with Gasteiger partial charge in [-0.1, -0.05) is 53.5 Å². The van der Waals surface area contributed by atoms with Crippen LogP contribution in [0.2, 0.25) is 10.0 Å². The van der Waals surface area contributed by atoms with E-state index in [4.69, 9.17) is 27.9 Å². The normalized spacial score (nSPS) is 14.9. The Kier molecular flexibility index (Phi) is 7.53. The summed E-state index contributed by atoms with van der Waals surface area (Å²) >= 11 is 11.9. The number of nitrogens with zero attached hydrogens (tertiary/aromatic N) is 1. The van der Waals surface area contributed by atoms with E-state index < -0.39 is 0 Å². The third-order valence-electron chi connectivity index (χ3n) is 4.72. The molecule has 0 atom stereocenters. The first-order chi connectivity index (χ1) is 13.1. The first-order valence-electron chi connectivity index (χ1n) is 9.19. The molecule has 4 nitrogen and oxygen atoms in total. The number of benzene rings is 2. The summed E-state index contributed by atoms with van der Waals surface area (Å²) in [5, 5.41) is 4.08. The van der Waals surface area contributed by atoms with E-state index in [1.165, 1.54) is 5.56 Å². The van der Waals surface area contributed by atoms with Gasteiger partial charge < -0.3 is 10.1 Å². The minimum Gasteiger partial charge on any atom is -0.379 e. The highest BCUT2D eigenvalue weighted by molar-refractivity contribution is 6.42. The number of carbonyl (C=O) groups is 1. The van der Waals surface area contributed by atoms with E-state index in [0.29, 0.717) is 29.4 Å². The second kappa shape index (κ2) is 10.1. The van der Waals surface area contributed by atoms with Crippen LogP contribution in [0.3, 0.4) is 0 Å². The Labute approximate surface area is 170 Å². The van der Waals surface area contributed by atoms with Gasteiger partial charge in [-0.05, 0) is 35.2 Å². The van der Waals surface area contributed by atoms with E-state index in [-0.39, 0.29) is 5.91 Å². The third kappa shape index (κ3) is 6.22. The average Bonchev–Trinajstić information content (AvgIpc) is 2.69. The summed E-state index contributed by atoms with van der Waals surface area (Å²) in [5.41, 5.74) is 3.42. The molecule has 6 heteroatoms. The number of halogens is 2. The Balaban J connectivity index is 1.50. The van der Waals surface area contributed by atoms with Crippen LogP contribution in [0.5, 0.6) is 0 Å². The molecule has 1 aliphatic rings.